The molecule has 4 atom stereocenters. The van der Waals surface area contributed by atoms with E-state index in [0.29, 0.717) is 5.56 Å². The second kappa shape index (κ2) is 8.18. The molecule has 1 fully saturated rings. The number of H-pyrrole nitrogens is 1. The van der Waals surface area contributed by atoms with Gasteiger partial charge in [0, 0.05) is 23.1 Å². The maximum Gasteiger partial charge on any atom is 0.330 e. The van der Waals surface area contributed by atoms with Crippen molar-refractivity contribution >= 4 is 19.1 Å². The number of aromatic nitrogens is 2. The van der Waals surface area contributed by atoms with E-state index in [-0.39, 0.29) is 18.6 Å². The third-order valence-electron chi connectivity index (χ3n) is 3.81. The summed E-state index contributed by atoms with van der Waals surface area (Å²) in [6, 6.07) is -0.630. The molecule has 1 aliphatic heterocycles. The Kier molecular flexibility index (Phi) is 6.45. The Morgan fingerprint density at radius 2 is 2.36 bits per heavy atom. The number of alkyl halides is 1. The van der Waals surface area contributed by atoms with Crippen LogP contribution in [0.2, 0.25) is 0 Å². The Labute approximate surface area is 147 Å². The van der Waals surface area contributed by atoms with Crippen LogP contribution in [0.4, 0.5) is 0 Å². The van der Waals surface area contributed by atoms with Crippen LogP contribution in [0.15, 0.2) is 20.9 Å². The van der Waals surface area contributed by atoms with Crippen molar-refractivity contribution in [2.45, 2.75) is 31.7 Å². The van der Waals surface area contributed by atoms with Crippen molar-refractivity contribution < 1.29 is 13.8 Å². The van der Waals surface area contributed by atoms with Crippen molar-refractivity contribution in [3.63, 3.8) is 0 Å². The van der Waals surface area contributed by atoms with Gasteiger partial charge in [0.25, 0.3) is 13.1 Å². The first-order chi connectivity index (χ1) is 11.8. The predicted molar refractivity (Wildman–Crippen MR) is 90.9 cm³/mol. The molecule has 11 nitrogen and oxygen atoms in total. The van der Waals surface area contributed by atoms with E-state index in [1.165, 1.54) is 17.8 Å². The zero-order valence-electron chi connectivity index (χ0n) is 13.6. The summed E-state index contributed by atoms with van der Waals surface area (Å²) in [5, 5.41) is 6.16. The molecular formula is C12H18ClN6O5P. The van der Waals surface area contributed by atoms with Crippen molar-refractivity contribution in [1.29, 1.82) is 0 Å². The molecule has 0 saturated carbocycles. The van der Waals surface area contributed by atoms with Crippen LogP contribution in [0.1, 0.15) is 18.2 Å². The number of nitrogens with one attached hydrogen (secondary N) is 2. The lowest BCUT2D eigenvalue weighted by molar-refractivity contribution is -0.0222. The van der Waals surface area contributed by atoms with Gasteiger partial charge in [0.15, 0.2) is 0 Å². The summed E-state index contributed by atoms with van der Waals surface area (Å²) < 4.78 is 24.4. The number of hydrogen-bond acceptors (Lipinski definition) is 6. The van der Waals surface area contributed by atoms with Crippen molar-refractivity contribution in [2.75, 3.05) is 19.3 Å². The summed E-state index contributed by atoms with van der Waals surface area (Å²) in [4.78, 5) is 28.4. The molecule has 1 aliphatic rings. The fourth-order valence-corrected chi connectivity index (χ4v) is 3.65. The molecule has 0 aromatic carbocycles. The van der Waals surface area contributed by atoms with Gasteiger partial charge in [-0.2, -0.15) is 0 Å². The van der Waals surface area contributed by atoms with Gasteiger partial charge in [-0.1, -0.05) is 5.11 Å². The van der Waals surface area contributed by atoms with E-state index in [2.05, 4.69) is 20.1 Å². The van der Waals surface area contributed by atoms with Crippen LogP contribution in [0.25, 0.3) is 10.4 Å². The Morgan fingerprint density at radius 1 is 1.64 bits per heavy atom. The monoisotopic (exact) mass is 392 g/mol. The maximum atomic E-state index is 12.1. The third-order valence-corrected chi connectivity index (χ3v) is 6.31. The van der Waals surface area contributed by atoms with Gasteiger partial charge < -0.3 is 9.26 Å². The van der Waals surface area contributed by atoms with E-state index >= 15 is 0 Å². The molecule has 0 amide bonds. The first kappa shape index (κ1) is 19.7. The number of aromatic amines is 1. The van der Waals surface area contributed by atoms with E-state index in [9.17, 15) is 14.2 Å². The van der Waals surface area contributed by atoms with Gasteiger partial charge in [-0.25, -0.2) is 9.88 Å². The molecule has 13 heteroatoms. The molecule has 0 aliphatic carbocycles. The number of halogens is 1. The van der Waals surface area contributed by atoms with Crippen LogP contribution in [0.5, 0.6) is 0 Å². The highest BCUT2D eigenvalue weighted by Crippen LogP contribution is 2.43. The van der Waals surface area contributed by atoms with Gasteiger partial charge in [0.1, 0.15) is 11.8 Å². The van der Waals surface area contributed by atoms with Crippen LogP contribution < -0.4 is 16.3 Å². The second-order valence-electron chi connectivity index (χ2n) is 5.43. The predicted octanol–water partition coefficient (Wildman–Crippen LogP) is 1.44. The van der Waals surface area contributed by atoms with Crippen molar-refractivity contribution in [3.8, 4) is 0 Å². The fourth-order valence-electron chi connectivity index (χ4n) is 2.38. The number of ether oxygens (including phenoxy) is 1. The minimum Gasteiger partial charge on any atom is -0.352 e. The molecule has 2 N–H and O–H groups in total. The normalized spacial score (nSPS) is 25.3. The highest BCUT2D eigenvalue weighted by Gasteiger charge is 2.37. The SMILES string of the molecule is CNP(=O)(CCl)OC[C@H]1O[C@@H](n2cc(C)c(=O)[nH]c2=O)CC1N=[N+]=[N-]. The zero-order valence-corrected chi connectivity index (χ0v) is 15.2. The summed E-state index contributed by atoms with van der Waals surface area (Å²) in [6.45, 7) is 1.42. The molecule has 2 rings (SSSR count). The van der Waals surface area contributed by atoms with E-state index in [4.69, 9.17) is 26.4 Å². The van der Waals surface area contributed by atoms with Crippen LogP contribution >= 0.6 is 19.1 Å². The topological polar surface area (TPSA) is 151 Å². The highest BCUT2D eigenvalue weighted by molar-refractivity contribution is 7.58. The van der Waals surface area contributed by atoms with E-state index < -0.39 is 37.1 Å². The second-order valence-corrected chi connectivity index (χ2v) is 8.44. The van der Waals surface area contributed by atoms with Crippen molar-refractivity contribution in [1.82, 2.24) is 14.6 Å². The molecule has 1 aromatic heterocycles. The number of hydrogen-bond donors (Lipinski definition) is 2. The van der Waals surface area contributed by atoms with Crippen molar-refractivity contribution in [2.24, 2.45) is 5.11 Å². The number of azide groups is 1. The summed E-state index contributed by atoms with van der Waals surface area (Å²) in [5.74, 6) is 0. The number of rotatable bonds is 7. The first-order valence-electron chi connectivity index (χ1n) is 7.34. The minimum absolute atomic E-state index is 0.137. The molecule has 25 heavy (non-hydrogen) atoms. The van der Waals surface area contributed by atoms with E-state index in [1.54, 1.807) is 6.92 Å². The van der Waals surface area contributed by atoms with Gasteiger partial charge in [0.05, 0.1) is 18.8 Å². The molecule has 2 heterocycles. The van der Waals surface area contributed by atoms with Crippen LogP contribution in [0, 0.1) is 6.92 Å². The van der Waals surface area contributed by atoms with Gasteiger partial charge >= 0.3 is 5.69 Å². The Morgan fingerprint density at radius 3 is 2.96 bits per heavy atom. The smallest absolute Gasteiger partial charge is 0.330 e. The Balaban J connectivity index is 2.21. The fraction of sp³-hybridized carbons (Fsp3) is 0.667. The first-order valence-corrected chi connectivity index (χ1v) is 9.68. The molecular weight excluding hydrogens is 375 g/mol. The molecule has 0 spiro atoms. The zero-order chi connectivity index (χ0) is 18.6. The van der Waals surface area contributed by atoms with E-state index in [0.717, 1.165) is 0 Å². The molecule has 0 radical (unpaired) electrons. The highest BCUT2D eigenvalue weighted by atomic mass is 35.5. The standard InChI is InChI=1S/C12H18ClN6O5P/c1-7-4-19(12(21)16-11(7)20)10-3-8(17-18-14)9(24-10)5-23-25(22,6-13)15-2/h4,8-10H,3,5-6H2,1-2H3,(H,15,22)(H,16,20,21)/t8?,9-,10-,25?/m1/s1. The lowest BCUT2D eigenvalue weighted by Crippen LogP contribution is -2.33. The van der Waals surface area contributed by atoms with Crippen LogP contribution in [-0.4, -0.2) is 41.0 Å². The summed E-state index contributed by atoms with van der Waals surface area (Å²) in [7, 11) is -1.76. The van der Waals surface area contributed by atoms with Gasteiger partial charge in [-0.05, 0) is 19.5 Å². The van der Waals surface area contributed by atoms with Gasteiger partial charge in [-0.3, -0.25) is 18.9 Å². The Bertz CT molecular complexity index is 826. The quantitative estimate of drug-likeness (QED) is 0.235. The lowest BCUT2D eigenvalue weighted by atomic mass is 10.1. The summed E-state index contributed by atoms with van der Waals surface area (Å²) in [5.41, 5.74) is 7.70. The van der Waals surface area contributed by atoms with E-state index in [1.807, 2.05) is 0 Å². The number of nitrogens with zero attached hydrogens (tertiary/aromatic N) is 4. The number of aryl methyl sites for hydroxylation is 1. The summed E-state index contributed by atoms with van der Waals surface area (Å²) in [6.07, 6.45) is 0.107. The van der Waals surface area contributed by atoms with Crippen LogP contribution in [-0.2, 0) is 13.8 Å². The van der Waals surface area contributed by atoms with Gasteiger partial charge in [0.2, 0.25) is 0 Å². The average Bonchev–Trinajstić information content (AvgIpc) is 2.99. The average molecular weight is 393 g/mol. The van der Waals surface area contributed by atoms with Crippen LogP contribution in [0.3, 0.4) is 0 Å². The molecule has 0 bridgehead atoms. The Hall–Kier alpha value is -1.61. The molecule has 1 saturated heterocycles. The maximum absolute atomic E-state index is 12.1. The largest absolute Gasteiger partial charge is 0.352 e. The van der Waals surface area contributed by atoms with Crippen molar-refractivity contribution in [3.05, 3.63) is 43.0 Å². The lowest BCUT2D eigenvalue weighted by Gasteiger charge is -2.20. The van der Waals surface area contributed by atoms with Gasteiger partial charge in [-0.15, -0.1) is 11.6 Å². The molecule has 138 valence electrons. The summed E-state index contributed by atoms with van der Waals surface area (Å²) >= 11 is 5.62. The molecule has 1 aromatic rings. The molecule has 2 unspecified atom stereocenters. The third kappa shape index (κ3) is 4.52. The minimum atomic E-state index is -3.21.